The lowest BCUT2D eigenvalue weighted by Gasteiger charge is -2.33. The van der Waals surface area contributed by atoms with Crippen LogP contribution in [-0.2, 0) is 19.1 Å². The van der Waals surface area contributed by atoms with Crippen LogP contribution in [0.1, 0.15) is 52.9 Å². The molecule has 0 radical (unpaired) electrons. The molecule has 1 saturated carbocycles. The van der Waals surface area contributed by atoms with E-state index in [2.05, 4.69) is 0 Å². The number of hydrogen-bond donors (Lipinski definition) is 1. The van der Waals surface area contributed by atoms with Crippen molar-refractivity contribution in [2.75, 3.05) is 0 Å². The van der Waals surface area contributed by atoms with E-state index in [4.69, 9.17) is 9.47 Å². The molecule has 1 heterocycles. The Kier molecular flexibility index (Phi) is 5.49. The molecule has 1 aliphatic carbocycles. The minimum absolute atomic E-state index is 0.0949. The molecule has 1 saturated heterocycles. The van der Waals surface area contributed by atoms with Crippen LogP contribution in [0, 0.1) is 11.8 Å². The largest absolute Gasteiger partial charge is 0.480 e. The fourth-order valence-electron chi connectivity index (χ4n) is 3.56. The lowest BCUT2D eigenvalue weighted by atomic mass is 9.85. The molecule has 2 aliphatic rings. The van der Waals surface area contributed by atoms with Crippen LogP contribution in [0.3, 0.4) is 0 Å². The van der Waals surface area contributed by atoms with Gasteiger partial charge in [0.25, 0.3) is 6.29 Å². The Balaban J connectivity index is 2.13. The van der Waals surface area contributed by atoms with Crippen molar-refractivity contribution < 1.29 is 29.0 Å². The molecule has 2 fully saturated rings. The van der Waals surface area contributed by atoms with Gasteiger partial charge in [0, 0.05) is 18.9 Å². The van der Waals surface area contributed by atoms with Crippen LogP contribution in [0.5, 0.6) is 0 Å². The van der Waals surface area contributed by atoms with Gasteiger partial charge >= 0.3 is 18.0 Å². The maximum Gasteiger partial charge on any atom is 0.413 e. The van der Waals surface area contributed by atoms with Gasteiger partial charge in [0.1, 0.15) is 6.04 Å². The molecular weight excluding hydrogens is 302 g/mol. The van der Waals surface area contributed by atoms with E-state index in [1.54, 1.807) is 13.8 Å². The van der Waals surface area contributed by atoms with E-state index in [1.165, 1.54) is 11.8 Å². The van der Waals surface area contributed by atoms with E-state index in [-0.39, 0.29) is 17.9 Å². The predicted molar refractivity (Wildman–Crippen MR) is 80.5 cm³/mol. The van der Waals surface area contributed by atoms with E-state index in [1.807, 2.05) is 0 Å². The molecular formula is C16H25NO6. The van der Waals surface area contributed by atoms with Gasteiger partial charge < -0.3 is 14.6 Å². The van der Waals surface area contributed by atoms with Crippen LogP contribution in [-0.4, -0.2) is 46.4 Å². The number of carbonyl (C=O) groups is 3. The third-order valence-electron chi connectivity index (χ3n) is 4.63. The van der Waals surface area contributed by atoms with Crippen molar-refractivity contribution in [2.45, 2.75) is 71.2 Å². The Morgan fingerprint density at radius 2 is 1.78 bits per heavy atom. The van der Waals surface area contributed by atoms with Crippen molar-refractivity contribution in [1.82, 2.24) is 4.90 Å². The smallest absolute Gasteiger partial charge is 0.413 e. The van der Waals surface area contributed by atoms with Crippen molar-refractivity contribution in [3.63, 3.8) is 0 Å². The second-order valence-corrected chi connectivity index (χ2v) is 6.71. The number of carboxylic acids is 1. The molecule has 0 spiro atoms. The summed E-state index contributed by atoms with van der Waals surface area (Å²) >= 11 is 0. The van der Waals surface area contributed by atoms with Crippen LogP contribution in [0.15, 0.2) is 0 Å². The van der Waals surface area contributed by atoms with Crippen LogP contribution in [0.4, 0.5) is 4.79 Å². The van der Waals surface area contributed by atoms with E-state index >= 15 is 0 Å². The zero-order valence-corrected chi connectivity index (χ0v) is 13.9. The SMILES string of the molecule is CC(=O)O[C@@H](OC(=O)N1[C@H](C(=O)O)C[C@@H]2CCCC[C@@H]21)C(C)C. The average molecular weight is 327 g/mol. The average Bonchev–Trinajstić information content (AvgIpc) is 2.85. The highest BCUT2D eigenvalue weighted by molar-refractivity contribution is 5.81. The molecule has 4 atom stereocenters. The highest BCUT2D eigenvalue weighted by atomic mass is 16.7. The van der Waals surface area contributed by atoms with Crippen molar-refractivity contribution in [2.24, 2.45) is 11.8 Å². The number of nitrogens with zero attached hydrogens (tertiary/aromatic N) is 1. The molecule has 0 aromatic heterocycles. The predicted octanol–water partition coefficient (Wildman–Crippen LogP) is 2.39. The molecule has 7 heteroatoms. The molecule has 23 heavy (non-hydrogen) atoms. The highest BCUT2D eigenvalue weighted by Crippen LogP contribution is 2.40. The summed E-state index contributed by atoms with van der Waals surface area (Å²) in [7, 11) is 0. The Labute approximate surface area is 135 Å². The second kappa shape index (κ2) is 7.19. The molecule has 1 N–H and O–H groups in total. The van der Waals surface area contributed by atoms with E-state index < -0.39 is 30.4 Å². The van der Waals surface area contributed by atoms with Crippen LogP contribution < -0.4 is 0 Å². The number of likely N-dealkylation sites (tertiary alicyclic amines) is 1. The summed E-state index contributed by atoms with van der Waals surface area (Å²) < 4.78 is 10.3. The molecule has 0 bridgehead atoms. The van der Waals surface area contributed by atoms with Gasteiger partial charge in [-0.25, -0.2) is 9.59 Å². The summed E-state index contributed by atoms with van der Waals surface area (Å²) in [5, 5.41) is 9.43. The first-order valence-electron chi connectivity index (χ1n) is 8.20. The maximum absolute atomic E-state index is 12.6. The lowest BCUT2D eigenvalue weighted by Crippen LogP contribution is -2.48. The quantitative estimate of drug-likeness (QED) is 0.629. The first-order chi connectivity index (χ1) is 10.8. The Bertz CT molecular complexity index is 477. The van der Waals surface area contributed by atoms with Gasteiger partial charge in [-0.05, 0) is 25.2 Å². The van der Waals surface area contributed by atoms with Crippen LogP contribution in [0.25, 0.3) is 0 Å². The summed E-state index contributed by atoms with van der Waals surface area (Å²) in [6.45, 7) is 4.78. The molecule has 0 unspecified atom stereocenters. The summed E-state index contributed by atoms with van der Waals surface area (Å²) in [4.78, 5) is 36.6. The Morgan fingerprint density at radius 3 is 2.35 bits per heavy atom. The number of carbonyl (C=O) groups excluding carboxylic acids is 2. The molecule has 0 aromatic rings. The zero-order chi connectivity index (χ0) is 17.1. The van der Waals surface area contributed by atoms with E-state index in [0.717, 1.165) is 25.7 Å². The highest BCUT2D eigenvalue weighted by Gasteiger charge is 2.49. The molecule has 7 nitrogen and oxygen atoms in total. The van der Waals surface area contributed by atoms with Gasteiger partial charge in [0.2, 0.25) is 0 Å². The van der Waals surface area contributed by atoms with Crippen molar-refractivity contribution in [3.8, 4) is 0 Å². The monoisotopic (exact) mass is 327 g/mol. The van der Waals surface area contributed by atoms with E-state index in [0.29, 0.717) is 6.42 Å². The summed E-state index contributed by atoms with van der Waals surface area (Å²) in [6.07, 6.45) is 2.55. The molecule has 1 amide bonds. The Morgan fingerprint density at radius 1 is 1.13 bits per heavy atom. The van der Waals surface area contributed by atoms with Crippen LogP contribution >= 0.6 is 0 Å². The van der Waals surface area contributed by atoms with E-state index in [9.17, 15) is 19.5 Å². The minimum atomic E-state index is -1.01. The normalized spacial score (nSPS) is 28.2. The molecule has 0 aromatic carbocycles. The number of esters is 1. The third kappa shape index (κ3) is 3.95. The third-order valence-corrected chi connectivity index (χ3v) is 4.63. The number of aliphatic carboxylic acids is 1. The minimum Gasteiger partial charge on any atom is -0.480 e. The second-order valence-electron chi connectivity index (χ2n) is 6.71. The van der Waals surface area contributed by atoms with Gasteiger partial charge in [0.05, 0.1) is 0 Å². The number of hydrogen-bond acceptors (Lipinski definition) is 5. The number of rotatable bonds is 4. The Hall–Kier alpha value is -1.79. The van der Waals surface area contributed by atoms with Gasteiger partial charge in [-0.15, -0.1) is 0 Å². The summed E-state index contributed by atoms with van der Waals surface area (Å²) in [6, 6.07) is -0.955. The fraction of sp³-hybridized carbons (Fsp3) is 0.812. The first-order valence-corrected chi connectivity index (χ1v) is 8.20. The van der Waals surface area contributed by atoms with Gasteiger partial charge in [-0.3, -0.25) is 9.69 Å². The van der Waals surface area contributed by atoms with Crippen molar-refractivity contribution >= 4 is 18.0 Å². The van der Waals surface area contributed by atoms with Gasteiger partial charge in [-0.1, -0.05) is 26.7 Å². The standard InChI is InChI=1S/C16H25NO6/c1-9(2)15(22-10(3)18)23-16(21)17-12-7-5-4-6-11(12)8-13(17)14(19)20/h9,11-13,15H,4-8H2,1-3H3,(H,19,20)/t11-,12-,13-,15-/m0/s1. The van der Waals surface area contributed by atoms with Crippen molar-refractivity contribution in [1.29, 1.82) is 0 Å². The number of amides is 1. The van der Waals surface area contributed by atoms with Crippen molar-refractivity contribution in [3.05, 3.63) is 0 Å². The zero-order valence-electron chi connectivity index (χ0n) is 13.9. The number of carboxylic acid groups (broad SMARTS) is 1. The lowest BCUT2D eigenvalue weighted by molar-refractivity contribution is -0.175. The van der Waals surface area contributed by atoms with Gasteiger partial charge in [0.15, 0.2) is 0 Å². The maximum atomic E-state index is 12.6. The topological polar surface area (TPSA) is 93.1 Å². The molecule has 130 valence electrons. The molecule has 2 rings (SSSR count). The summed E-state index contributed by atoms with van der Waals surface area (Å²) in [5.74, 6) is -1.55. The first kappa shape index (κ1) is 17.6. The number of ether oxygens (including phenoxy) is 2. The van der Waals surface area contributed by atoms with Crippen LogP contribution in [0.2, 0.25) is 0 Å². The van der Waals surface area contributed by atoms with Gasteiger partial charge in [-0.2, -0.15) is 0 Å². The number of fused-ring (bicyclic) bond motifs is 1. The fourth-order valence-corrected chi connectivity index (χ4v) is 3.56. The molecule has 1 aliphatic heterocycles. The summed E-state index contributed by atoms with van der Waals surface area (Å²) in [5.41, 5.74) is 0.